The van der Waals surface area contributed by atoms with Crippen molar-refractivity contribution in [3.8, 4) is 0 Å². The number of carbonyl (C=O) groups excluding carboxylic acids is 2. The second-order valence-corrected chi connectivity index (χ2v) is 7.23. The Hall–Kier alpha value is -1.32. The van der Waals surface area contributed by atoms with Crippen molar-refractivity contribution in [1.82, 2.24) is 0 Å². The van der Waals surface area contributed by atoms with Gasteiger partial charge in [-0.25, -0.2) is 0 Å². The smallest absolute Gasteiger partial charge is 0.306 e. The molecule has 0 spiro atoms. The van der Waals surface area contributed by atoms with E-state index in [4.69, 9.17) is 9.47 Å². The predicted octanol–water partition coefficient (Wildman–Crippen LogP) is 5.88. The number of hydrogen-bond donors (Lipinski definition) is 0. The zero-order valence-corrected chi connectivity index (χ0v) is 16.5. The van der Waals surface area contributed by atoms with Crippen molar-refractivity contribution in [2.45, 2.75) is 103 Å². The average molecular weight is 367 g/mol. The molecule has 26 heavy (non-hydrogen) atoms. The maximum Gasteiger partial charge on any atom is 0.306 e. The van der Waals surface area contributed by atoms with Crippen LogP contribution in [0.5, 0.6) is 0 Å². The van der Waals surface area contributed by atoms with Crippen LogP contribution in [-0.2, 0) is 19.1 Å². The van der Waals surface area contributed by atoms with Crippen LogP contribution in [0.2, 0.25) is 0 Å². The SMILES string of the molecule is O=C1CCC=CCCC(=O)OCCCCCCCCCCCCCCO1. The first-order valence-electron chi connectivity index (χ1n) is 10.8. The molecule has 0 unspecified atom stereocenters. The Balaban J connectivity index is 2.21. The van der Waals surface area contributed by atoms with Crippen LogP contribution in [0.3, 0.4) is 0 Å². The minimum atomic E-state index is -0.122. The highest BCUT2D eigenvalue weighted by Crippen LogP contribution is 2.12. The van der Waals surface area contributed by atoms with Crippen LogP contribution in [0, 0.1) is 0 Å². The molecule has 150 valence electrons. The van der Waals surface area contributed by atoms with Crippen LogP contribution >= 0.6 is 0 Å². The molecular weight excluding hydrogens is 328 g/mol. The van der Waals surface area contributed by atoms with Crippen molar-refractivity contribution in [2.75, 3.05) is 13.2 Å². The summed E-state index contributed by atoms with van der Waals surface area (Å²) in [6, 6.07) is 0. The van der Waals surface area contributed by atoms with Gasteiger partial charge in [-0.05, 0) is 25.7 Å². The first-order chi connectivity index (χ1) is 12.8. The molecule has 0 saturated heterocycles. The summed E-state index contributed by atoms with van der Waals surface area (Å²) in [6.07, 6.45) is 20.8. The molecule has 0 aromatic carbocycles. The van der Waals surface area contributed by atoms with E-state index >= 15 is 0 Å². The van der Waals surface area contributed by atoms with Crippen molar-refractivity contribution in [1.29, 1.82) is 0 Å². The number of rotatable bonds is 0. The first kappa shape index (κ1) is 22.7. The summed E-state index contributed by atoms with van der Waals surface area (Å²) in [7, 11) is 0. The lowest BCUT2D eigenvalue weighted by Gasteiger charge is -2.06. The van der Waals surface area contributed by atoms with Crippen LogP contribution in [0.15, 0.2) is 12.2 Å². The molecule has 4 heteroatoms. The van der Waals surface area contributed by atoms with Crippen LogP contribution in [0.4, 0.5) is 0 Å². The summed E-state index contributed by atoms with van der Waals surface area (Å²) < 4.78 is 10.5. The second-order valence-electron chi connectivity index (χ2n) is 7.23. The zero-order chi connectivity index (χ0) is 18.7. The molecule has 1 heterocycles. The number of carbonyl (C=O) groups is 2. The Labute approximate surface area is 159 Å². The van der Waals surface area contributed by atoms with Crippen molar-refractivity contribution in [3.05, 3.63) is 12.2 Å². The number of allylic oxidation sites excluding steroid dienone is 2. The maximum atomic E-state index is 11.6. The molecular formula is C22H38O4. The third kappa shape index (κ3) is 15.0. The fourth-order valence-corrected chi connectivity index (χ4v) is 3.13. The van der Waals surface area contributed by atoms with Gasteiger partial charge in [0.1, 0.15) is 0 Å². The van der Waals surface area contributed by atoms with E-state index in [9.17, 15) is 9.59 Å². The second kappa shape index (κ2) is 17.1. The van der Waals surface area contributed by atoms with Gasteiger partial charge in [0.25, 0.3) is 0 Å². The van der Waals surface area contributed by atoms with Crippen molar-refractivity contribution >= 4 is 11.9 Å². The molecule has 0 bridgehead atoms. The molecule has 4 nitrogen and oxygen atoms in total. The van der Waals surface area contributed by atoms with Gasteiger partial charge in [-0.1, -0.05) is 76.4 Å². The third-order valence-electron chi connectivity index (χ3n) is 4.76. The van der Waals surface area contributed by atoms with Crippen molar-refractivity contribution in [3.63, 3.8) is 0 Å². The van der Waals surface area contributed by atoms with Crippen LogP contribution in [0.1, 0.15) is 103 Å². The Morgan fingerprint density at radius 1 is 0.500 bits per heavy atom. The Morgan fingerprint density at radius 2 is 0.808 bits per heavy atom. The van der Waals surface area contributed by atoms with Gasteiger partial charge in [-0.15, -0.1) is 0 Å². The highest BCUT2D eigenvalue weighted by molar-refractivity contribution is 5.70. The summed E-state index contributed by atoms with van der Waals surface area (Å²) >= 11 is 0. The normalized spacial score (nSPS) is 22.0. The van der Waals surface area contributed by atoms with Gasteiger partial charge in [0.2, 0.25) is 0 Å². The molecule has 0 aromatic rings. The summed E-state index contributed by atoms with van der Waals surface area (Å²) in [4.78, 5) is 23.2. The Kier molecular flexibility index (Phi) is 15.0. The van der Waals surface area contributed by atoms with Crippen LogP contribution in [-0.4, -0.2) is 25.2 Å². The molecule has 1 aliphatic rings. The summed E-state index contributed by atoms with van der Waals surface area (Å²) in [6.45, 7) is 1.10. The maximum absolute atomic E-state index is 11.6. The van der Waals surface area contributed by atoms with E-state index in [0.717, 1.165) is 25.7 Å². The molecule has 1 rings (SSSR count). The molecule has 0 aromatic heterocycles. The van der Waals surface area contributed by atoms with Gasteiger partial charge in [0, 0.05) is 12.8 Å². The van der Waals surface area contributed by atoms with Gasteiger partial charge in [-0.2, -0.15) is 0 Å². The Bertz CT molecular complexity index is 354. The standard InChI is InChI=1S/C22H38O4/c23-21-17-13-9-10-14-18-22(24)26-20-16-12-8-6-4-2-1-3-5-7-11-15-19-25-21/h9-10H,1-8,11-20H2. The van der Waals surface area contributed by atoms with Gasteiger partial charge in [0.15, 0.2) is 0 Å². The van der Waals surface area contributed by atoms with E-state index in [2.05, 4.69) is 0 Å². The van der Waals surface area contributed by atoms with E-state index in [0.29, 0.717) is 38.9 Å². The van der Waals surface area contributed by atoms with E-state index in [1.54, 1.807) is 0 Å². The fraction of sp³-hybridized carbons (Fsp3) is 0.818. The first-order valence-corrected chi connectivity index (χ1v) is 10.8. The number of esters is 2. The monoisotopic (exact) mass is 366 g/mol. The Morgan fingerprint density at radius 3 is 1.15 bits per heavy atom. The number of ether oxygens (including phenoxy) is 2. The molecule has 0 amide bonds. The lowest BCUT2D eigenvalue weighted by molar-refractivity contribution is -0.144. The quantitative estimate of drug-likeness (QED) is 0.396. The predicted molar refractivity (Wildman–Crippen MR) is 105 cm³/mol. The van der Waals surface area contributed by atoms with Gasteiger partial charge in [0.05, 0.1) is 13.2 Å². The molecule has 0 radical (unpaired) electrons. The topological polar surface area (TPSA) is 52.6 Å². The zero-order valence-electron chi connectivity index (χ0n) is 16.5. The molecule has 0 fully saturated rings. The molecule has 0 saturated carbocycles. The largest absolute Gasteiger partial charge is 0.466 e. The van der Waals surface area contributed by atoms with Gasteiger partial charge < -0.3 is 9.47 Å². The van der Waals surface area contributed by atoms with Gasteiger partial charge >= 0.3 is 11.9 Å². The van der Waals surface area contributed by atoms with E-state index < -0.39 is 0 Å². The van der Waals surface area contributed by atoms with Crippen LogP contribution in [0.25, 0.3) is 0 Å². The minimum absolute atomic E-state index is 0.122. The molecule has 0 aliphatic carbocycles. The lowest BCUT2D eigenvalue weighted by atomic mass is 10.1. The molecule has 0 N–H and O–H groups in total. The summed E-state index contributed by atoms with van der Waals surface area (Å²) in [5.74, 6) is -0.243. The summed E-state index contributed by atoms with van der Waals surface area (Å²) in [5, 5.41) is 0. The number of hydrogen-bond acceptors (Lipinski definition) is 4. The molecule has 0 atom stereocenters. The lowest BCUT2D eigenvalue weighted by Crippen LogP contribution is -2.05. The third-order valence-corrected chi connectivity index (χ3v) is 4.76. The average Bonchev–Trinajstić information content (AvgIpc) is 2.63. The van der Waals surface area contributed by atoms with E-state index in [-0.39, 0.29) is 11.9 Å². The van der Waals surface area contributed by atoms with Crippen molar-refractivity contribution in [2.24, 2.45) is 0 Å². The summed E-state index contributed by atoms with van der Waals surface area (Å²) in [5.41, 5.74) is 0. The molecule has 1 aliphatic heterocycles. The van der Waals surface area contributed by atoms with Crippen molar-refractivity contribution < 1.29 is 19.1 Å². The highest BCUT2D eigenvalue weighted by Gasteiger charge is 2.03. The van der Waals surface area contributed by atoms with Crippen LogP contribution < -0.4 is 0 Å². The van der Waals surface area contributed by atoms with Gasteiger partial charge in [-0.3, -0.25) is 9.59 Å². The fourth-order valence-electron chi connectivity index (χ4n) is 3.13. The highest BCUT2D eigenvalue weighted by atomic mass is 16.5. The minimum Gasteiger partial charge on any atom is -0.466 e. The number of cyclic esters (lactones) is 2. The van der Waals surface area contributed by atoms with E-state index in [1.807, 2.05) is 12.2 Å². The van der Waals surface area contributed by atoms with E-state index in [1.165, 1.54) is 51.4 Å².